The van der Waals surface area contributed by atoms with E-state index in [1.165, 1.54) is 35.7 Å². The van der Waals surface area contributed by atoms with E-state index >= 15 is 0 Å². The van der Waals surface area contributed by atoms with Gasteiger partial charge in [-0.3, -0.25) is 14.9 Å². The van der Waals surface area contributed by atoms with Crippen molar-refractivity contribution >= 4 is 56.6 Å². The first-order chi connectivity index (χ1) is 14.4. The highest BCUT2D eigenvalue weighted by Gasteiger charge is 2.18. The van der Waals surface area contributed by atoms with Crippen LogP contribution in [0.2, 0.25) is 0 Å². The van der Waals surface area contributed by atoms with E-state index in [4.69, 9.17) is 0 Å². The van der Waals surface area contributed by atoms with E-state index in [1.807, 2.05) is 16.8 Å². The molecule has 2 N–H and O–H groups in total. The lowest BCUT2D eigenvalue weighted by molar-refractivity contribution is -0.114. The molecule has 0 spiro atoms. The standard InChI is InChI=1S/C20H15FN4O2S3/c1-10-17(30-19(22-10)12-5-6-28-8-12)18(27)25-20-24-16(9-29-20)14-4-3-13(7-15(14)21)23-11(2)26/h3-9H,1-2H3,(H,23,26)(H,24,25,27). The molecule has 3 aromatic heterocycles. The Morgan fingerprint density at radius 1 is 1.10 bits per heavy atom. The second-order valence-electron chi connectivity index (χ2n) is 6.31. The van der Waals surface area contributed by atoms with Gasteiger partial charge in [0.15, 0.2) is 5.13 Å². The van der Waals surface area contributed by atoms with Gasteiger partial charge in [0.25, 0.3) is 5.91 Å². The summed E-state index contributed by atoms with van der Waals surface area (Å²) in [4.78, 5) is 33.1. The Morgan fingerprint density at radius 2 is 1.93 bits per heavy atom. The molecule has 0 saturated heterocycles. The van der Waals surface area contributed by atoms with Gasteiger partial charge in [-0.25, -0.2) is 14.4 Å². The number of hydrogen-bond donors (Lipinski definition) is 2. The number of nitrogens with zero attached hydrogens (tertiary/aromatic N) is 2. The van der Waals surface area contributed by atoms with Crippen LogP contribution in [-0.2, 0) is 4.79 Å². The highest BCUT2D eigenvalue weighted by molar-refractivity contribution is 7.18. The van der Waals surface area contributed by atoms with Crippen LogP contribution in [0.4, 0.5) is 15.2 Å². The van der Waals surface area contributed by atoms with Crippen molar-refractivity contribution < 1.29 is 14.0 Å². The molecule has 30 heavy (non-hydrogen) atoms. The highest BCUT2D eigenvalue weighted by atomic mass is 32.1. The van der Waals surface area contributed by atoms with Gasteiger partial charge in [-0.15, -0.1) is 22.7 Å². The van der Waals surface area contributed by atoms with Gasteiger partial charge in [-0.05, 0) is 36.6 Å². The van der Waals surface area contributed by atoms with Crippen LogP contribution in [0.15, 0.2) is 40.4 Å². The lowest BCUT2D eigenvalue weighted by Crippen LogP contribution is -2.11. The number of amides is 2. The molecule has 4 rings (SSSR count). The summed E-state index contributed by atoms with van der Waals surface area (Å²) in [6.07, 6.45) is 0. The SMILES string of the molecule is CC(=O)Nc1ccc(-c2csc(NC(=O)c3sc(-c4ccsc4)nc3C)n2)c(F)c1. The average molecular weight is 459 g/mol. The Balaban J connectivity index is 1.51. The second-order valence-corrected chi connectivity index (χ2v) is 8.95. The third-order valence-corrected chi connectivity index (χ3v) is 6.71. The minimum Gasteiger partial charge on any atom is -0.326 e. The molecule has 3 heterocycles. The Bertz CT molecular complexity index is 1230. The van der Waals surface area contributed by atoms with E-state index in [0.717, 1.165) is 10.6 Å². The van der Waals surface area contributed by atoms with E-state index in [-0.39, 0.29) is 17.4 Å². The molecule has 0 saturated carbocycles. The number of anilines is 2. The van der Waals surface area contributed by atoms with Gasteiger partial charge >= 0.3 is 0 Å². The molecule has 0 radical (unpaired) electrons. The quantitative estimate of drug-likeness (QED) is 0.405. The zero-order chi connectivity index (χ0) is 21.3. The number of halogens is 1. The fraction of sp³-hybridized carbons (Fsp3) is 0.100. The van der Waals surface area contributed by atoms with Crippen molar-refractivity contribution in [1.29, 1.82) is 0 Å². The summed E-state index contributed by atoms with van der Waals surface area (Å²) in [5, 5.41) is 12.1. The fourth-order valence-corrected chi connectivity index (χ4v) is 5.11. The van der Waals surface area contributed by atoms with Crippen molar-refractivity contribution in [2.75, 3.05) is 10.6 Å². The highest BCUT2D eigenvalue weighted by Crippen LogP contribution is 2.32. The Hall–Kier alpha value is -2.95. The number of thiophene rings is 1. The van der Waals surface area contributed by atoms with Crippen molar-refractivity contribution in [1.82, 2.24) is 9.97 Å². The normalized spacial score (nSPS) is 10.8. The van der Waals surface area contributed by atoms with Gasteiger partial charge in [0.1, 0.15) is 15.7 Å². The van der Waals surface area contributed by atoms with Crippen LogP contribution in [-0.4, -0.2) is 21.8 Å². The molecule has 0 fully saturated rings. The van der Waals surface area contributed by atoms with Crippen LogP contribution in [0.5, 0.6) is 0 Å². The first-order valence-corrected chi connectivity index (χ1v) is 11.4. The zero-order valence-corrected chi connectivity index (χ0v) is 18.3. The maximum Gasteiger partial charge on any atom is 0.269 e. The maximum atomic E-state index is 14.4. The molecule has 6 nitrogen and oxygen atoms in total. The number of carbonyl (C=O) groups excluding carboxylic acids is 2. The lowest BCUT2D eigenvalue weighted by atomic mass is 10.1. The van der Waals surface area contributed by atoms with Crippen molar-refractivity contribution in [3.63, 3.8) is 0 Å². The van der Waals surface area contributed by atoms with Gasteiger partial charge in [0.2, 0.25) is 5.91 Å². The summed E-state index contributed by atoms with van der Waals surface area (Å²) < 4.78 is 14.4. The Kier molecular flexibility index (Phi) is 5.71. The number of carbonyl (C=O) groups is 2. The molecule has 0 bridgehead atoms. The van der Waals surface area contributed by atoms with Gasteiger partial charge in [0, 0.05) is 34.5 Å². The fourth-order valence-electron chi connectivity index (χ4n) is 2.73. The predicted molar refractivity (Wildman–Crippen MR) is 120 cm³/mol. The Labute approximate surface area is 183 Å². The minimum absolute atomic E-state index is 0.277. The number of hydrogen-bond acceptors (Lipinski definition) is 7. The van der Waals surface area contributed by atoms with Crippen molar-refractivity contribution in [2.45, 2.75) is 13.8 Å². The Morgan fingerprint density at radius 3 is 2.63 bits per heavy atom. The van der Waals surface area contributed by atoms with E-state index < -0.39 is 5.82 Å². The van der Waals surface area contributed by atoms with Crippen molar-refractivity contribution in [3.8, 4) is 21.8 Å². The number of thiazole rings is 2. The first-order valence-electron chi connectivity index (χ1n) is 8.75. The number of rotatable bonds is 5. The molecule has 10 heteroatoms. The number of aryl methyl sites for hydroxylation is 1. The molecule has 0 aliphatic carbocycles. The van der Waals surface area contributed by atoms with Gasteiger partial charge in [-0.1, -0.05) is 0 Å². The molecule has 4 aromatic rings. The zero-order valence-electron chi connectivity index (χ0n) is 15.9. The second kappa shape index (κ2) is 8.42. The molecule has 0 aliphatic heterocycles. The van der Waals surface area contributed by atoms with Crippen LogP contribution in [0.3, 0.4) is 0 Å². The van der Waals surface area contributed by atoms with Gasteiger partial charge in [0.05, 0.1) is 11.4 Å². The van der Waals surface area contributed by atoms with E-state index in [0.29, 0.717) is 27.1 Å². The third-order valence-electron chi connectivity index (χ3n) is 4.06. The molecule has 0 aliphatic rings. The molecule has 2 amide bonds. The van der Waals surface area contributed by atoms with E-state index in [2.05, 4.69) is 20.6 Å². The summed E-state index contributed by atoms with van der Waals surface area (Å²) in [5.41, 5.74) is 2.70. The van der Waals surface area contributed by atoms with Gasteiger partial charge in [-0.2, -0.15) is 11.3 Å². The lowest BCUT2D eigenvalue weighted by Gasteiger charge is -2.05. The summed E-state index contributed by atoms with van der Waals surface area (Å²) >= 11 is 4.10. The van der Waals surface area contributed by atoms with Crippen molar-refractivity contribution in [2.24, 2.45) is 0 Å². The number of aromatic nitrogens is 2. The summed E-state index contributed by atoms with van der Waals surface area (Å²) in [6.45, 7) is 3.15. The van der Waals surface area contributed by atoms with Crippen LogP contribution >= 0.6 is 34.0 Å². The number of benzene rings is 1. The van der Waals surface area contributed by atoms with Crippen LogP contribution in [0.1, 0.15) is 22.3 Å². The average Bonchev–Trinajstić information content (AvgIpc) is 3.42. The first kappa shape index (κ1) is 20.3. The summed E-state index contributed by atoms with van der Waals surface area (Å²) in [7, 11) is 0. The van der Waals surface area contributed by atoms with Crippen LogP contribution in [0.25, 0.3) is 21.8 Å². The van der Waals surface area contributed by atoms with Gasteiger partial charge < -0.3 is 5.32 Å². The molecular weight excluding hydrogens is 443 g/mol. The molecule has 0 atom stereocenters. The van der Waals surface area contributed by atoms with Crippen LogP contribution < -0.4 is 10.6 Å². The van der Waals surface area contributed by atoms with Crippen molar-refractivity contribution in [3.05, 3.63) is 56.8 Å². The van der Waals surface area contributed by atoms with Crippen LogP contribution in [0, 0.1) is 12.7 Å². The number of nitrogens with one attached hydrogen (secondary N) is 2. The molecule has 152 valence electrons. The molecule has 1 aromatic carbocycles. The largest absolute Gasteiger partial charge is 0.326 e. The summed E-state index contributed by atoms with van der Waals surface area (Å²) in [5.74, 6) is -1.08. The van der Waals surface area contributed by atoms with E-state index in [1.54, 1.807) is 35.8 Å². The summed E-state index contributed by atoms with van der Waals surface area (Å²) in [6, 6.07) is 6.34. The smallest absolute Gasteiger partial charge is 0.269 e. The maximum absolute atomic E-state index is 14.4. The molecular formula is C20H15FN4O2S3. The minimum atomic E-state index is -0.511. The predicted octanol–water partition coefficient (Wildman–Crippen LogP) is 5.65. The topological polar surface area (TPSA) is 84.0 Å². The molecule has 0 unspecified atom stereocenters. The van der Waals surface area contributed by atoms with E-state index in [9.17, 15) is 14.0 Å². The third kappa shape index (κ3) is 4.30. The monoisotopic (exact) mass is 458 g/mol.